The molecule has 0 rings (SSSR count). The summed E-state index contributed by atoms with van der Waals surface area (Å²) in [6, 6.07) is 0. The van der Waals surface area contributed by atoms with Crippen molar-refractivity contribution < 1.29 is 70.0 Å². The highest BCUT2D eigenvalue weighted by atomic mass is 32.2. The van der Waals surface area contributed by atoms with E-state index in [1.54, 1.807) is 0 Å². The standard InChI is InChI=1S/C11H11F13O3S.C6H11N/c1-2-3-4-5(12)6(13,14)7(15,16)8(17,18)9(19,20)10(21,22)11(23,24)28(25,26)27;1-3-5-7-6-4-2/h5H,2-4H2,1H3,(H,25,26,27);3-4,7H,1-2,5-6H2. The molecule has 0 heterocycles. The second-order valence-corrected chi connectivity index (χ2v) is 8.22. The average Bonchev–Trinajstić information content (AvgIpc) is 2.71. The van der Waals surface area contributed by atoms with Crippen LogP contribution in [0.25, 0.3) is 0 Å². The molecule has 0 bridgehead atoms. The van der Waals surface area contributed by atoms with E-state index in [2.05, 4.69) is 18.5 Å². The molecule has 0 aromatic rings. The zero-order chi connectivity index (χ0) is 28.7. The number of nitrogens with one attached hydrogen (secondary N) is 1. The van der Waals surface area contributed by atoms with E-state index >= 15 is 0 Å². The van der Waals surface area contributed by atoms with Gasteiger partial charge in [-0.2, -0.15) is 61.1 Å². The Kier molecular flexibility index (Phi) is 12.3. The number of hydrogen-bond donors (Lipinski definition) is 2. The van der Waals surface area contributed by atoms with Gasteiger partial charge in [-0.05, 0) is 6.42 Å². The Morgan fingerprint density at radius 3 is 1.49 bits per heavy atom. The second kappa shape index (κ2) is 12.1. The lowest BCUT2D eigenvalue weighted by Crippen LogP contribution is -2.72. The van der Waals surface area contributed by atoms with Crippen LogP contribution in [0.15, 0.2) is 25.3 Å². The first kappa shape index (κ1) is 35.6. The van der Waals surface area contributed by atoms with Crippen LogP contribution in [0.2, 0.25) is 0 Å². The fourth-order valence-corrected chi connectivity index (χ4v) is 2.45. The van der Waals surface area contributed by atoms with Gasteiger partial charge in [0, 0.05) is 13.1 Å². The number of halogens is 13. The topological polar surface area (TPSA) is 66.4 Å². The summed E-state index contributed by atoms with van der Waals surface area (Å²) < 4.78 is 200. The van der Waals surface area contributed by atoms with Crippen molar-refractivity contribution in [2.75, 3.05) is 13.1 Å². The molecule has 0 spiro atoms. The summed E-state index contributed by atoms with van der Waals surface area (Å²) in [5, 5.41) is -4.46. The van der Waals surface area contributed by atoms with Gasteiger partial charge < -0.3 is 5.32 Å². The van der Waals surface area contributed by atoms with Crippen molar-refractivity contribution in [3.8, 4) is 0 Å². The van der Waals surface area contributed by atoms with Gasteiger partial charge in [0.1, 0.15) is 0 Å². The van der Waals surface area contributed by atoms with Crippen LogP contribution in [-0.2, 0) is 10.1 Å². The quantitative estimate of drug-likeness (QED) is 0.115. The van der Waals surface area contributed by atoms with Gasteiger partial charge in [0.15, 0.2) is 6.17 Å². The molecule has 0 fully saturated rings. The Morgan fingerprint density at radius 1 is 0.800 bits per heavy atom. The minimum absolute atomic E-state index is 0.173. The van der Waals surface area contributed by atoms with E-state index in [-0.39, 0.29) is 6.42 Å². The van der Waals surface area contributed by atoms with Crippen molar-refractivity contribution in [1.29, 1.82) is 0 Å². The molecule has 2 N–H and O–H groups in total. The third-order valence-corrected chi connectivity index (χ3v) is 4.98. The fraction of sp³-hybridized carbons (Fsp3) is 0.765. The number of alkyl halides is 13. The van der Waals surface area contributed by atoms with Crippen molar-refractivity contribution in [1.82, 2.24) is 5.32 Å². The van der Waals surface area contributed by atoms with Gasteiger partial charge in [0.25, 0.3) is 0 Å². The molecule has 0 saturated carbocycles. The van der Waals surface area contributed by atoms with Crippen molar-refractivity contribution in [2.45, 2.75) is 67.2 Å². The molecule has 0 aromatic heterocycles. The van der Waals surface area contributed by atoms with Crippen molar-refractivity contribution in [3.63, 3.8) is 0 Å². The van der Waals surface area contributed by atoms with E-state index in [0.29, 0.717) is 0 Å². The number of unbranched alkanes of at least 4 members (excludes halogenated alkanes) is 1. The Hall–Kier alpha value is -1.56. The van der Waals surface area contributed by atoms with Gasteiger partial charge >= 0.3 is 45.0 Å². The van der Waals surface area contributed by atoms with Crippen LogP contribution < -0.4 is 5.32 Å². The van der Waals surface area contributed by atoms with E-state index in [1.807, 2.05) is 12.2 Å². The Bertz CT molecular complexity index is 793. The lowest BCUT2D eigenvalue weighted by molar-refractivity contribution is -0.421. The first-order valence-corrected chi connectivity index (χ1v) is 10.6. The molecule has 0 aliphatic heterocycles. The third-order valence-electron chi connectivity index (χ3n) is 4.07. The highest BCUT2D eigenvalue weighted by molar-refractivity contribution is 7.87. The highest BCUT2D eigenvalue weighted by Crippen LogP contribution is 2.61. The van der Waals surface area contributed by atoms with Gasteiger partial charge in [0.05, 0.1) is 0 Å². The normalized spacial score (nSPS) is 15.2. The maximum Gasteiger partial charge on any atom is 0.438 e. The average molecular weight is 567 g/mol. The minimum Gasteiger partial charge on any atom is -0.310 e. The molecule has 0 amide bonds. The maximum atomic E-state index is 13.4. The van der Waals surface area contributed by atoms with Gasteiger partial charge in [0.2, 0.25) is 0 Å². The van der Waals surface area contributed by atoms with Crippen LogP contribution in [-0.4, -0.2) is 67.1 Å². The predicted molar refractivity (Wildman–Crippen MR) is 98.9 cm³/mol. The third kappa shape index (κ3) is 6.81. The van der Waals surface area contributed by atoms with Gasteiger partial charge in [-0.15, -0.1) is 13.2 Å². The summed E-state index contributed by atoms with van der Waals surface area (Å²) in [6.07, 6.45) is -3.08. The van der Waals surface area contributed by atoms with Crippen molar-refractivity contribution in [2.24, 2.45) is 0 Å². The Morgan fingerprint density at radius 2 is 1.17 bits per heavy atom. The van der Waals surface area contributed by atoms with E-state index in [4.69, 9.17) is 4.55 Å². The van der Waals surface area contributed by atoms with Crippen LogP contribution in [0, 0.1) is 0 Å². The lowest BCUT2D eigenvalue weighted by atomic mass is 9.91. The molecular weight excluding hydrogens is 545 g/mol. The summed E-state index contributed by atoms with van der Waals surface area (Å²) >= 11 is 0. The highest BCUT2D eigenvalue weighted by Gasteiger charge is 2.92. The zero-order valence-electron chi connectivity index (χ0n) is 17.8. The van der Waals surface area contributed by atoms with Gasteiger partial charge in [-0.25, -0.2) is 4.39 Å². The van der Waals surface area contributed by atoms with Crippen LogP contribution in [0.1, 0.15) is 26.2 Å². The van der Waals surface area contributed by atoms with Crippen LogP contribution in [0.4, 0.5) is 57.1 Å². The summed E-state index contributed by atoms with van der Waals surface area (Å²) in [6.45, 7) is 9.99. The second-order valence-electron chi connectivity index (χ2n) is 6.76. The van der Waals surface area contributed by atoms with E-state index in [1.165, 1.54) is 6.92 Å². The largest absolute Gasteiger partial charge is 0.438 e. The summed E-state index contributed by atoms with van der Waals surface area (Å²) in [4.78, 5) is 0. The molecule has 1 unspecified atom stereocenters. The molecule has 0 aliphatic rings. The molecule has 0 aromatic carbocycles. The Balaban J connectivity index is 0. The lowest BCUT2D eigenvalue weighted by Gasteiger charge is -2.41. The SMILES string of the molecule is C=CCNCC=C.CCCCC(F)C(F)(F)C(F)(F)C(F)(F)C(F)(F)C(F)(F)C(F)(F)S(=O)(=O)O. The molecule has 4 nitrogen and oxygen atoms in total. The first-order chi connectivity index (χ1) is 15.4. The predicted octanol–water partition coefficient (Wildman–Crippen LogP) is 6.12. The van der Waals surface area contributed by atoms with E-state index in [0.717, 1.165) is 13.1 Å². The molecule has 0 aliphatic carbocycles. The maximum absolute atomic E-state index is 13.4. The van der Waals surface area contributed by atoms with Crippen LogP contribution >= 0.6 is 0 Å². The van der Waals surface area contributed by atoms with Crippen molar-refractivity contribution in [3.05, 3.63) is 25.3 Å². The summed E-state index contributed by atoms with van der Waals surface area (Å²) in [7, 11) is -7.62. The fourth-order valence-electron chi connectivity index (χ4n) is 2.00. The van der Waals surface area contributed by atoms with Gasteiger partial charge in [-0.3, -0.25) is 4.55 Å². The first-order valence-electron chi connectivity index (χ1n) is 9.20. The molecule has 0 radical (unpaired) electrons. The molecule has 35 heavy (non-hydrogen) atoms. The monoisotopic (exact) mass is 567 g/mol. The van der Waals surface area contributed by atoms with Crippen molar-refractivity contribution >= 4 is 10.1 Å². The number of hydrogen-bond acceptors (Lipinski definition) is 3. The molecule has 18 heteroatoms. The molecule has 1 atom stereocenters. The summed E-state index contributed by atoms with van der Waals surface area (Å²) in [5.41, 5.74) is 0. The molecular formula is C17H22F13NO3S. The Labute approximate surface area is 192 Å². The molecule has 210 valence electrons. The molecule has 0 saturated heterocycles. The van der Waals surface area contributed by atoms with Crippen LogP contribution in [0.5, 0.6) is 0 Å². The van der Waals surface area contributed by atoms with E-state index in [9.17, 15) is 65.5 Å². The minimum atomic E-state index is -8.20. The smallest absolute Gasteiger partial charge is 0.310 e. The zero-order valence-corrected chi connectivity index (χ0v) is 18.6. The van der Waals surface area contributed by atoms with Gasteiger partial charge in [-0.1, -0.05) is 31.9 Å². The number of rotatable bonds is 14. The van der Waals surface area contributed by atoms with Crippen LogP contribution in [0.3, 0.4) is 0 Å². The summed E-state index contributed by atoms with van der Waals surface area (Å²) in [5.74, 6) is -38.8. The van der Waals surface area contributed by atoms with E-state index < -0.39 is 64.0 Å².